The summed E-state index contributed by atoms with van der Waals surface area (Å²) in [6.45, 7) is 1.48. The van der Waals surface area contributed by atoms with Gasteiger partial charge in [0.2, 0.25) is 15.9 Å². The first kappa shape index (κ1) is 23.3. The van der Waals surface area contributed by atoms with Crippen molar-refractivity contribution in [3.05, 3.63) is 66.0 Å². The molecule has 0 radical (unpaired) electrons. The summed E-state index contributed by atoms with van der Waals surface area (Å²) in [4.78, 5) is 12.2. The van der Waals surface area contributed by atoms with Crippen molar-refractivity contribution in [1.82, 2.24) is 10.0 Å². The van der Waals surface area contributed by atoms with Crippen molar-refractivity contribution in [3.63, 3.8) is 0 Å². The third kappa shape index (κ3) is 6.33. The molecule has 3 rings (SSSR count). The fourth-order valence-corrected chi connectivity index (χ4v) is 4.98. The average molecular weight is 451 g/mol. The van der Waals surface area contributed by atoms with E-state index in [9.17, 15) is 22.7 Å². The van der Waals surface area contributed by atoms with Gasteiger partial charge in [-0.25, -0.2) is 17.5 Å². The predicted molar refractivity (Wildman–Crippen MR) is 113 cm³/mol. The zero-order valence-electron chi connectivity index (χ0n) is 17.2. The standard InChI is InChI=1S/C22H27FN2O5S/c1-15(16-6-3-2-4-7-16)24-22(27)13-18-10-11-20(21(14-26)30-18)25-31(28,29)19-9-5-8-17(23)12-19/h2-9,12,15,18,20-21,25-26H,10-11,13-14H2,1H3,(H,24,27)/t15-,18+,20+,21-/m1/s1. The van der Waals surface area contributed by atoms with Crippen molar-refractivity contribution in [2.24, 2.45) is 0 Å². The van der Waals surface area contributed by atoms with E-state index >= 15 is 0 Å². The number of carbonyl (C=O) groups excluding carboxylic acids is 1. The Morgan fingerprint density at radius 2 is 1.94 bits per heavy atom. The third-order valence-electron chi connectivity index (χ3n) is 5.30. The lowest BCUT2D eigenvalue weighted by Crippen LogP contribution is -2.51. The van der Waals surface area contributed by atoms with Crippen LogP contribution in [0, 0.1) is 5.82 Å². The Bertz CT molecular complexity index is 986. The van der Waals surface area contributed by atoms with Gasteiger partial charge < -0.3 is 15.2 Å². The molecule has 0 unspecified atom stereocenters. The van der Waals surface area contributed by atoms with Crippen LogP contribution in [0.5, 0.6) is 0 Å². The number of nitrogens with one attached hydrogen (secondary N) is 2. The molecule has 0 aliphatic carbocycles. The van der Waals surface area contributed by atoms with Crippen LogP contribution in [0.4, 0.5) is 4.39 Å². The molecule has 168 valence electrons. The number of aliphatic hydroxyl groups excluding tert-OH is 1. The Morgan fingerprint density at radius 1 is 1.19 bits per heavy atom. The lowest BCUT2D eigenvalue weighted by molar-refractivity contribution is -0.131. The number of sulfonamides is 1. The first-order valence-electron chi connectivity index (χ1n) is 10.2. The van der Waals surface area contributed by atoms with Gasteiger partial charge in [-0.05, 0) is 43.5 Å². The van der Waals surface area contributed by atoms with Gasteiger partial charge in [0.25, 0.3) is 0 Å². The molecule has 2 aromatic rings. The van der Waals surface area contributed by atoms with Crippen LogP contribution in [-0.2, 0) is 19.6 Å². The van der Waals surface area contributed by atoms with Gasteiger partial charge in [0, 0.05) is 0 Å². The van der Waals surface area contributed by atoms with Crippen molar-refractivity contribution in [2.75, 3.05) is 6.61 Å². The van der Waals surface area contributed by atoms with E-state index in [1.165, 1.54) is 12.1 Å². The van der Waals surface area contributed by atoms with Gasteiger partial charge in [-0.15, -0.1) is 0 Å². The van der Waals surface area contributed by atoms with Crippen molar-refractivity contribution >= 4 is 15.9 Å². The van der Waals surface area contributed by atoms with Crippen molar-refractivity contribution in [3.8, 4) is 0 Å². The quantitative estimate of drug-likeness (QED) is 0.572. The van der Waals surface area contributed by atoms with E-state index in [2.05, 4.69) is 10.0 Å². The highest BCUT2D eigenvalue weighted by Gasteiger charge is 2.35. The van der Waals surface area contributed by atoms with Gasteiger partial charge in [-0.3, -0.25) is 4.79 Å². The maximum Gasteiger partial charge on any atom is 0.241 e. The summed E-state index contributed by atoms with van der Waals surface area (Å²) in [7, 11) is -3.97. The lowest BCUT2D eigenvalue weighted by atomic mass is 9.97. The molecule has 2 aromatic carbocycles. The Morgan fingerprint density at radius 3 is 2.61 bits per heavy atom. The Labute approximate surface area is 181 Å². The normalized spacial score (nSPS) is 22.6. The fraction of sp³-hybridized carbons (Fsp3) is 0.409. The SMILES string of the molecule is C[C@@H](NC(=O)C[C@@H]1CC[C@H](NS(=O)(=O)c2cccc(F)c2)[C@@H](CO)O1)c1ccccc1. The predicted octanol–water partition coefficient (Wildman–Crippen LogP) is 2.28. The number of rotatable bonds is 8. The summed E-state index contributed by atoms with van der Waals surface area (Å²) < 4.78 is 46.8. The Kier molecular flexibility index (Phi) is 7.77. The van der Waals surface area contributed by atoms with Crippen LogP contribution in [0.25, 0.3) is 0 Å². The summed E-state index contributed by atoms with van der Waals surface area (Å²) in [5, 5.41) is 12.6. The second kappa shape index (κ2) is 10.3. The molecule has 0 spiro atoms. The molecule has 1 aliphatic heterocycles. The molecular weight excluding hydrogens is 423 g/mol. The van der Waals surface area contributed by atoms with Gasteiger partial charge in [0.05, 0.1) is 42.2 Å². The largest absolute Gasteiger partial charge is 0.394 e. The van der Waals surface area contributed by atoms with Crippen LogP contribution < -0.4 is 10.0 Å². The maximum absolute atomic E-state index is 13.4. The summed E-state index contributed by atoms with van der Waals surface area (Å²) in [6, 6.07) is 13.4. The van der Waals surface area contributed by atoms with Crippen LogP contribution in [-0.4, -0.2) is 44.3 Å². The minimum atomic E-state index is -3.97. The summed E-state index contributed by atoms with van der Waals surface area (Å²) in [6.07, 6.45) is -0.306. The van der Waals surface area contributed by atoms with Gasteiger partial charge in [-0.2, -0.15) is 0 Å². The molecule has 4 atom stereocenters. The molecule has 1 amide bonds. The van der Waals surface area contributed by atoms with Crippen LogP contribution in [0.2, 0.25) is 0 Å². The maximum atomic E-state index is 13.4. The zero-order chi connectivity index (χ0) is 22.4. The average Bonchev–Trinajstić information content (AvgIpc) is 2.75. The molecule has 1 fully saturated rings. The zero-order valence-corrected chi connectivity index (χ0v) is 18.0. The molecule has 31 heavy (non-hydrogen) atoms. The number of amides is 1. The third-order valence-corrected chi connectivity index (χ3v) is 6.79. The topological polar surface area (TPSA) is 105 Å². The van der Waals surface area contributed by atoms with E-state index in [1.54, 1.807) is 0 Å². The molecule has 0 aromatic heterocycles. The smallest absolute Gasteiger partial charge is 0.241 e. The van der Waals surface area contributed by atoms with Gasteiger partial charge in [-0.1, -0.05) is 36.4 Å². The molecule has 1 saturated heterocycles. The number of halogens is 1. The van der Waals surface area contributed by atoms with E-state index in [0.29, 0.717) is 12.8 Å². The van der Waals surface area contributed by atoms with E-state index in [4.69, 9.17) is 4.74 Å². The van der Waals surface area contributed by atoms with Crippen LogP contribution in [0.15, 0.2) is 59.5 Å². The summed E-state index contributed by atoms with van der Waals surface area (Å²) in [5.41, 5.74) is 0.987. The number of aliphatic hydroxyl groups is 1. The van der Waals surface area contributed by atoms with Crippen molar-refractivity contribution < 1.29 is 27.4 Å². The van der Waals surface area contributed by atoms with Crippen molar-refractivity contribution in [1.29, 1.82) is 0 Å². The Hall–Kier alpha value is -2.33. The number of hydrogen-bond acceptors (Lipinski definition) is 5. The van der Waals surface area contributed by atoms with Gasteiger partial charge in [0.15, 0.2) is 0 Å². The fourth-order valence-electron chi connectivity index (χ4n) is 3.65. The van der Waals surface area contributed by atoms with Crippen LogP contribution in [0.1, 0.15) is 37.8 Å². The number of carbonyl (C=O) groups is 1. The first-order chi connectivity index (χ1) is 14.8. The molecule has 7 nitrogen and oxygen atoms in total. The molecule has 1 heterocycles. The minimum Gasteiger partial charge on any atom is -0.394 e. The minimum absolute atomic E-state index is 0.108. The number of benzene rings is 2. The number of hydrogen-bond donors (Lipinski definition) is 3. The van der Waals surface area contributed by atoms with Crippen molar-refractivity contribution in [2.45, 2.75) is 55.4 Å². The van der Waals surface area contributed by atoms with Crippen LogP contribution in [0.3, 0.4) is 0 Å². The van der Waals surface area contributed by atoms with E-state index in [1.807, 2.05) is 37.3 Å². The molecule has 9 heteroatoms. The monoisotopic (exact) mass is 450 g/mol. The first-order valence-corrected chi connectivity index (χ1v) is 11.7. The molecule has 3 N–H and O–H groups in total. The molecule has 1 aliphatic rings. The summed E-state index contributed by atoms with van der Waals surface area (Å²) >= 11 is 0. The Balaban J connectivity index is 1.56. The second-order valence-corrected chi connectivity index (χ2v) is 9.36. The highest BCUT2D eigenvalue weighted by Crippen LogP contribution is 2.24. The molecule has 0 bridgehead atoms. The van der Waals surface area contributed by atoms with Gasteiger partial charge >= 0.3 is 0 Å². The molecule has 0 saturated carbocycles. The summed E-state index contributed by atoms with van der Waals surface area (Å²) in [5.74, 6) is -0.839. The van der Waals surface area contributed by atoms with E-state index in [-0.39, 0.29) is 23.3 Å². The van der Waals surface area contributed by atoms with Gasteiger partial charge in [0.1, 0.15) is 5.82 Å². The number of ether oxygens (including phenoxy) is 1. The second-order valence-electron chi connectivity index (χ2n) is 7.65. The molecular formula is C22H27FN2O5S. The lowest BCUT2D eigenvalue weighted by Gasteiger charge is -2.35. The van der Waals surface area contributed by atoms with Crippen LogP contribution >= 0.6 is 0 Å². The highest BCUT2D eigenvalue weighted by atomic mass is 32.2. The van der Waals surface area contributed by atoms with E-state index in [0.717, 1.165) is 17.7 Å². The highest BCUT2D eigenvalue weighted by molar-refractivity contribution is 7.89. The van der Waals surface area contributed by atoms with E-state index < -0.39 is 40.7 Å².